The first-order valence-electron chi connectivity index (χ1n) is 8.57. The molecule has 0 saturated carbocycles. The maximum absolute atomic E-state index is 12.5. The number of ketones is 1. The molecule has 3 aromatic rings. The summed E-state index contributed by atoms with van der Waals surface area (Å²) in [6.07, 6.45) is 2.68. The Kier molecular flexibility index (Phi) is 4.60. The van der Waals surface area contributed by atoms with E-state index in [0.29, 0.717) is 21.9 Å². The third-order valence-electron chi connectivity index (χ3n) is 4.26. The zero-order valence-electron chi connectivity index (χ0n) is 14.6. The van der Waals surface area contributed by atoms with E-state index < -0.39 is 5.97 Å². The third kappa shape index (κ3) is 3.55. The minimum absolute atomic E-state index is 0.180. The van der Waals surface area contributed by atoms with Crippen molar-refractivity contribution in [3.63, 3.8) is 0 Å². The average molecular weight is 376 g/mol. The molecule has 2 aromatic carbocycles. The minimum atomic E-state index is -0.430. The van der Waals surface area contributed by atoms with Crippen LogP contribution in [0.4, 0.5) is 0 Å². The number of thiophene rings is 1. The molecule has 0 atom stereocenters. The SMILES string of the molecule is CCc1ccc(/C=C2/Oc3cc(OC(=O)c4cccs4)ccc3C2=O)cc1. The second kappa shape index (κ2) is 7.21. The Bertz CT molecular complexity index is 1030. The number of ether oxygens (including phenoxy) is 2. The number of fused-ring (bicyclic) bond motifs is 1. The Hall–Kier alpha value is -3.18. The van der Waals surface area contributed by atoms with E-state index in [-0.39, 0.29) is 11.5 Å². The zero-order valence-corrected chi connectivity index (χ0v) is 15.4. The van der Waals surface area contributed by atoms with E-state index in [1.807, 2.05) is 29.6 Å². The largest absolute Gasteiger partial charge is 0.452 e. The number of hydrogen-bond donors (Lipinski definition) is 0. The lowest BCUT2D eigenvalue weighted by molar-refractivity contribution is 0.0739. The Morgan fingerprint density at radius 3 is 2.67 bits per heavy atom. The van der Waals surface area contributed by atoms with Gasteiger partial charge in [0.25, 0.3) is 0 Å². The van der Waals surface area contributed by atoms with Gasteiger partial charge in [-0.25, -0.2) is 4.79 Å². The molecule has 1 aliphatic rings. The fourth-order valence-electron chi connectivity index (χ4n) is 2.78. The Balaban J connectivity index is 1.54. The van der Waals surface area contributed by atoms with Crippen molar-refractivity contribution in [3.05, 3.63) is 87.3 Å². The molecule has 5 heteroatoms. The van der Waals surface area contributed by atoms with Crippen LogP contribution in [0.25, 0.3) is 6.08 Å². The number of carbonyl (C=O) groups is 2. The van der Waals surface area contributed by atoms with E-state index in [0.717, 1.165) is 12.0 Å². The first kappa shape index (κ1) is 17.2. The van der Waals surface area contributed by atoms with Crippen molar-refractivity contribution in [2.45, 2.75) is 13.3 Å². The van der Waals surface area contributed by atoms with Crippen molar-refractivity contribution in [3.8, 4) is 11.5 Å². The second-order valence-corrected chi connectivity index (χ2v) is 7.01. The van der Waals surface area contributed by atoms with E-state index in [4.69, 9.17) is 9.47 Å². The van der Waals surface area contributed by atoms with Crippen molar-refractivity contribution in [2.75, 3.05) is 0 Å². The van der Waals surface area contributed by atoms with Crippen LogP contribution in [-0.2, 0) is 6.42 Å². The summed E-state index contributed by atoms with van der Waals surface area (Å²) in [5.41, 5.74) is 2.59. The fraction of sp³-hybridized carbons (Fsp3) is 0.0909. The van der Waals surface area contributed by atoms with E-state index in [1.165, 1.54) is 16.9 Å². The molecule has 27 heavy (non-hydrogen) atoms. The summed E-state index contributed by atoms with van der Waals surface area (Å²) in [5, 5.41) is 1.81. The van der Waals surface area contributed by atoms with E-state index in [2.05, 4.69) is 6.92 Å². The van der Waals surface area contributed by atoms with Crippen LogP contribution in [0, 0.1) is 0 Å². The molecule has 0 radical (unpaired) electrons. The number of aryl methyl sites for hydroxylation is 1. The summed E-state index contributed by atoms with van der Waals surface area (Å²) >= 11 is 1.31. The van der Waals surface area contributed by atoms with E-state index in [1.54, 1.807) is 36.4 Å². The van der Waals surface area contributed by atoms with Gasteiger partial charge in [0.2, 0.25) is 5.78 Å². The lowest BCUT2D eigenvalue weighted by Crippen LogP contribution is -2.06. The summed E-state index contributed by atoms with van der Waals surface area (Å²) in [7, 11) is 0. The maximum atomic E-state index is 12.5. The van der Waals surface area contributed by atoms with Crippen LogP contribution in [0.3, 0.4) is 0 Å². The molecule has 2 heterocycles. The Morgan fingerprint density at radius 1 is 1.15 bits per heavy atom. The highest BCUT2D eigenvalue weighted by Gasteiger charge is 2.28. The normalized spacial score (nSPS) is 14.1. The van der Waals surface area contributed by atoms with Crippen molar-refractivity contribution in [1.82, 2.24) is 0 Å². The summed E-state index contributed by atoms with van der Waals surface area (Å²) in [5.74, 6) is 0.388. The van der Waals surface area contributed by atoms with Crippen LogP contribution in [0.15, 0.2) is 65.7 Å². The summed E-state index contributed by atoms with van der Waals surface area (Å²) < 4.78 is 11.1. The molecule has 1 aliphatic heterocycles. The van der Waals surface area contributed by atoms with Crippen LogP contribution in [0.2, 0.25) is 0 Å². The van der Waals surface area contributed by atoms with Gasteiger partial charge < -0.3 is 9.47 Å². The predicted octanol–water partition coefficient (Wildman–Crippen LogP) is 5.15. The number of rotatable bonds is 4. The van der Waals surface area contributed by atoms with Gasteiger partial charge in [-0.15, -0.1) is 11.3 Å². The first-order chi connectivity index (χ1) is 13.1. The smallest absolute Gasteiger partial charge is 0.353 e. The highest BCUT2D eigenvalue weighted by Crippen LogP contribution is 2.35. The topological polar surface area (TPSA) is 52.6 Å². The molecule has 0 amide bonds. The van der Waals surface area contributed by atoms with Crippen molar-refractivity contribution < 1.29 is 19.1 Å². The molecule has 0 N–H and O–H groups in total. The molecule has 0 bridgehead atoms. The van der Waals surface area contributed by atoms with Gasteiger partial charge in [0.15, 0.2) is 5.76 Å². The van der Waals surface area contributed by atoms with Crippen molar-refractivity contribution in [1.29, 1.82) is 0 Å². The molecule has 134 valence electrons. The highest BCUT2D eigenvalue weighted by molar-refractivity contribution is 7.12. The maximum Gasteiger partial charge on any atom is 0.353 e. The van der Waals surface area contributed by atoms with Gasteiger partial charge in [0.05, 0.1) is 5.56 Å². The van der Waals surface area contributed by atoms with Crippen molar-refractivity contribution in [2.24, 2.45) is 0 Å². The van der Waals surface area contributed by atoms with Crippen LogP contribution >= 0.6 is 11.3 Å². The molecule has 0 aliphatic carbocycles. The first-order valence-corrected chi connectivity index (χ1v) is 9.45. The van der Waals surface area contributed by atoms with E-state index >= 15 is 0 Å². The lowest BCUT2D eigenvalue weighted by Gasteiger charge is -2.04. The second-order valence-electron chi connectivity index (χ2n) is 6.06. The van der Waals surface area contributed by atoms with Gasteiger partial charge in [0, 0.05) is 6.07 Å². The molecule has 0 saturated heterocycles. The highest BCUT2D eigenvalue weighted by atomic mass is 32.1. The van der Waals surface area contributed by atoms with Gasteiger partial charge in [-0.2, -0.15) is 0 Å². The molecule has 0 spiro atoms. The number of esters is 1. The zero-order chi connectivity index (χ0) is 18.8. The summed E-state index contributed by atoms with van der Waals surface area (Å²) in [4.78, 5) is 25.1. The average Bonchev–Trinajstić information content (AvgIpc) is 3.32. The quantitative estimate of drug-likeness (QED) is 0.359. The Labute approximate surface area is 160 Å². The minimum Gasteiger partial charge on any atom is -0.452 e. The van der Waals surface area contributed by atoms with Gasteiger partial charge in [-0.1, -0.05) is 37.3 Å². The van der Waals surface area contributed by atoms with Gasteiger partial charge >= 0.3 is 5.97 Å². The number of carbonyl (C=O) groups excluding carboxylic acids is 2. The third-order valence-corrected chi connectivity index (χ3v) is 5.11. The standard InChI is InChI=1S/C22H16O4S/c1-2-14-5-7-15(8-6-14)12-19-21(23)17-10-9-16(13-18(17)26-19)25-22(24)20-4-3-11-27-20/h3-13H,2H2,1H3/b19-12+. The molecule has 0 unspecified atom stereocenters. The van der Waals surface area contributed by atoms with Crippen molar-refractivity contribution >= 4 is 29.2 Å². The summed E-state index contributed by atoms with van der Waals surface area (Å²) in [6, 6.07) is 16.3. The molecular formula is C22H16O4S. The number of Topliss-reactive ketones (excluding diaryl/α,β-unsaturated/α-hetero) is 1. The molecule has 0 fully saturated rings. The molecule has 4 nitrogen and oxygen atoms in total. The van der Waals surface area contributed by atoms with Crippen LogP contribution in [0.1, 0.15) is 38.1 Å². The lowest BCUT2D eigenvalue weighted by atomic mass is 10.1. The predicted molar refractivity (Wildman–Crippen MR) is 104 cm³/mol. The number of benzene rings is 2. The van der Waals surface area contributed by atoms with E-state index in [9.17, 15) is 9.59 Å². The number of hydrogen-bond acceptors (Lipinski definition) is 5. The van der Waals surface area contributed by atoms with Crippen LogP contribution < -0.4 is 9.47 Å². The number of allylic oxidation sites excluding steroid dienone is 1. The summed E-state index contributed by atoms with van der Waals surface area (Å²) in [6.45, 7) is 2.09. The Morgan fingerprint density at radius 2 is 1.96 bits per heavy atom. The van der Waals surface area contributed by atoms with Gasteiger partial charge in [0.1, 0.15) is 16.4 Å². The fourth-order valence-corrected chi connectivity index (χ4v) is 3.38. The monoisotopic (exact) mass is 376 g/mol. The molecule has 4 rings (SSSR count). The van der Waals surface area contributed by atoms with Gasteiger partial charge in [-0.05, 0) is 47.2 Å². The van der Waals surface area contributed by atoms with Gasteiger partial charge in [-0.3, -0.25) is 4.79 Å². The van der Waals surface area contributed by atoms with Crippen LogP contribution in [-0.4, -0.2) is 11.8 Å². The molecule has 1 aromatic heterocycles. The van der Waals surface area contributed by atoms with Crippen LogP contribution in [0.5, 0.6) is 11.5 Å². The molecular weight excluding hydrogens is 360 g/mol.